The standard InChI is InChI=1S/C36H39NO6SSi/c1-26-20-22-28(23-21-26)44(38,39)40-25-32-34(42-32)33-31(37-35(43-33)27-14-8-5-9-15-27)24-41-45(36(2,3)4,29-16-10-6-11-17-29)30-18-12-7-13-19-30/h5-23,31-34H,24-25H2,1-4H3/t31-,32-,33-,34+/m0/s1. The van der Waals surface area contributed by atoms with Crippen molar-refractivity contribution in [3.63, 3.8) is 0 Å². The number of aliphatic imine (C=N–C) groups is 1. The highest BCUT2D eigenvalue weighted by molar-refractivity contribution is 7.86. The molecule has 0 radical (unpaired) electrons. The van der Waals surface area contributed by atoms with Gasteiger partial charge in [-0.2, -0.15) is 8.42 Å². The summed E-state index contributed by atoms with van der Waals surface area (Å²) in [6, 6.07) is 37.0. The molecule has 1 fully saturated rings. The van der Waals surface area contributed by atoms with E-state index in [1.54, 1.807) is 24.3 Å². The summed E-state index contributed by atoms with van der Waals surface area (Å²) in [5.74, 6) is 0.527. The second-order valence-electron chi connectivity index (χ2n) is 12.6. The van der Waals surface area contributed by atoms with E-state index in [2.05, 4.69) is 69.3 Å². The smallest absolute Gasteiger partial charge is 0.297 e. The van der Waals surface area contributed by atoms with E-state index in [0.29, 0.717) is 12.5 Å². The number of hydrogen-bond donors (Lipinski definition) is 0. The Kier molecular flexibility index (Phi) is 8.82. The monoisotopic (exact) mass is 641 g/mol. The molecule has 7 nitrogen and oxygen atoms in total. The molecule has 2 aliphatic heterocycles. The minimum atomic E-state index is -3.92. The molecule has 0 unspecified atom stereocenters. The fourth-order valence-electron chi connectivity index (χ4n) is 6.08. The fraction of sp³-hybridized carbons (Fsp3) is 0.306. The number of nitrogens with zero attached hydrogens (tertiary/aromatic N) is 1. The fourth-order valence-corrected chi connectivity index (χ4v) is 11.6. The van der Waals surface area contributed by atoms with E-state index in [0.717, 1.165) is 11.1 Å². The van der Waals surface area contributed by atoms with Crippen molar-refractivity contribution in [2.45, 2.75) is 62.0 Å². The van der Waals surface area contributed by atoms with Crippen LogP contribution in [-0.2, 0) is 28.2 Å². The quantitative estimate of drug-likeness (QED) is 0.126. The summed E-state index contributed by atoms with van der Waals surface area (Å²) in [6.07, 6.45) is -1.30. The van der Waals surface area contributed by atoms with Crippen molar-refractivity contribution < 1.29 is 26.5 Å². The Morgan fingerprint density at radius 3 is 1.87 bits per heavy atom. The van der Waals surface area contributed by atoms with Crippen molar-refractivity contribution in [2.24, 2.45) is 4.99 Å². The molecule has 9 heteroatoms. The number of aryl methyl sites for hydroxylation is 1. The minimum Gasteiger partial charge on any atom is -0.469 e. The van der Waals surface area contributed by atoms with E-state index in [9.17, 15) is 8.42 Å². The lowest BCUT2D eigenvalue weighted by molar-refractivity contribution is 0.123. The number of epoxide rings is 1. The van der Waals surface area contributed by atoms with E-state index in [1.807, 2.05) is 49.4 Å². The van der Waals surface area contributed by atoms with Crippen LogP contribution in [0.25, 0.3) is 0 Å². The van der Waals surface area contributed by atoms with E-state index in [-0.39, 0.29) is 22.6 Å². The second kappa shape index (κ2) is 12.7. The molecule has 0 aromatic heterocycles. The lowest BCUT2D eigenvalue weighted by atomic mass is 10.1. The third-order valence-corrected chi connectivity index (χ3v) is 14.8. The van der Waals surface area contributed by atoms with Gasteiger partial charge in [-0.3, -0.25) is 4.18 Å². The van der Waals surface area contributed by atoms with Gasteiger partial charge in [0.25, 0.3) is 18.4 Å². The first-order chi connectivity index (χ1) is 21.6. The largest absolute Gasteiger partial charge is 0.469 e. The van der Waals surface area contributed by atoms with Crippen LogP contribution >= 0.6 is 0 Å². The highest BCUT2D eigenvalue weighted by Crippen LogP contribution is 2.39. The molecule has 0 spiro atoms. The minimum absolute atomic E-state index is 0.107. The Bertz CT molecular complexity index is 1690. The maximum Gasteiger partial charge on any atom is 0.297 e. The molecule has 6 rings (SSSR count). The van der Waals surface area contributed by atoms with Gasteiger partial charge in [0.15, 0.2) is 6.10 Å². The summed E-state index contributed by atoms with van der Waals surface area (Å²) in [6.45, 7) is 8.83. The molecule has 0 aliphatic carbocycles. The van der Waals surface area contributed by atoms with Crippen molar-refractivity contribution in [1.82, 2.24) is 0 Å². The summed E-state index contributed by atoms with van der Waals surface area (Å²) >= 11 is 0. The van der Waals surface area contributed by atoms with Crippen LogP contribution in [0.5, 0.6) is 0 Å². The summed E-state index contributed by atoms with van der Waals surface area (Å²) < 4.78 is 50.8. The average Bonchev–Trinajstić information content (AvgIpc) is 3.70. The molecular weight excluding hydrogens is 603 g/mol. The summed E-state index contributed by atoms with van der Waals surface area (Å²) in [5, 5.41) is 2.16. The van der Waals surface area contributed by atoms with Crippen molar-refractivity contribution in [3.8, 4) is 0 Å². The Hall–Kier alpha value is -3.60. The molecule has 1 saturated heterocycles. The summed E-state index contributed by atoms with van der Waals surface area (Å²) in [4.78, 5) is 5.14. The van der Waals surface area contributed by atoms with Crippen LogP contribution in [0.4, 0.5) is 0 Å². The molecule has 0 saturated carbocycles. The van der Waals surface area contributed by atoms with Crippen LogP contribution in [0.15, 0.2) is 125 Å². The molecule has 4 aromatic rings. The Labute approximate surface area is 267 Å². The molecule has 45 heavy (non-hydrogen) atoms. The normalized spacial score (nSPS) is 21.6. The number of rotatable bonds is 11. The van der Waals surface area contributed by atoms with Gasteiger partial charge in [0.1, 0.15) is 18.2 Å². The van der Waals surface area contributed by atoms with E-state index in [4.69, 9.17) is 23.1 Å². The Balaban J connectivity index is 1.26. The van der Waals surface area contributed by atoms with Crippen LogP contribution in [0, 0.1) is 6.92 Å². The topological polar surface area (TPSA) is 86.7 Å². The van der Waals surface area contributed by atoms with Crippen molar-refractivity contribution in [3.05, 3.63) is 126 Å². The summed E-state index contributed by atoms with van der Waals surface area (Å²) in [5.41, 5.74) is 1.84. The van der Waals surface area contributed by atoms with Gasteiger partial charge in [0.05, 0.1) is 18.1 Å². The van der Waals surface area contributed by atoms with Crippen LogP contribution in [0.3, 0.4) is 0 Å². The lowest BCUT2D eigenvalue weighted by Crippen LogP contribution is -2.67. The number of ether oxygens (including phenoxy) is 2. The first kappa shape index (κ1) is 31.4. The van der Waals surface area contributed by atoms with Gasteiger partial charge in [0, 0.05) is 5.56 Å². The Morgan fingerprint density at radius 2 is 1.31 bits per heavy atom. The molecule has 0 N–H and O–H groups in total. The van der Waals surface area contributed by atoms with E-state index < -0.39 is 36.7 Å². The molecule has 2 aliphatic rings. The zero-order chi connectivity index (χ0) is 31.7. The van der Waals surface area contributed by atoms with E-state index >= 15 is 0 Å². The van der Waals surface area contributed by atoms with Gasteiger partial charge in [-0.05, 0) is 46.6 Å². The van der Waals surface area contributed by atoms with E-state index in [1.165, 1.54) is 10.4 Å². The molecule has 234 valence electrons. The molecular formula is C36H39NO6SSi. The highest BCUT2D eigenvalue weighted by Gasteiger charge is 2.55. The van der Waals surface area contributed by atoms with Crippen LogP contribution in [-0.4, -0.2) is 60.2 Å². The molecule has 0 bridgehead atoms. The zero-order valence-electron chi connectivity index (χ0n) is 26.0. The highest BCUT2D eigenvalue weighted by atomic mass is 32.2. The maximum absolute atomic E-state index is 12.8. The maximum atomic E-state index is 12.8. The predicted octanol–water partition coefficient (Wildman–Crippen LogP) is 5.26. The van der Waals surface area contributed by atoms with Crippen LogP contribution < -0.4 is 10.4 Å². The number of benzene rings is 4. The van der Waals surface area contributed by atoms with Crippen molar-refractivity contribution >= 4 is 34.7 Å². The second-order valence-corrected chi connectivity index (χ2v) is 18.5. The summed E-state index contributed by atoms with van der Waals surface area (Å²) in [7, 11) is -6.75. The third-order valence-electron chi connectivity index (χ3n) is 8.46. The SMILES string of the molecule is Cc1ccc(S(=O)(=O)OC[C@@H]2O[C@H]2[C@H]2OC(c3ccccc3)=N[C@H]2CO[Si](c2ccccc2)(c2ccccc2)C(C)(C)C)cc1. The molecule has 0 amide bonds. The average molecular weight is 642 g/mol. The molecule has 4 aromatic carbocycles. The van der Waals surface area contributed by atoms with Gasteiger partial charge in [0.2, 0.25) is 5.90 Å². The number of hydrogen-bond acceptors (Lipinski definition) is 7. The van der Waals surface area contributed by atoms with Gasteiger partial charge in [-0.15, -0.1) is 0 Å². The van der Waals surface area contributed by atoms with Crippen molar-refractivity contribution in [2.75, 3.05) is 13.2 Å². The third kappa shape index (κ3) is 6.54. The first-order valence-corrected chi connectivity index (χ1v) is 18.6. The van der Waals surface area contributed by atoms with Gasteiger partial charge in [-0.1, -0.05) is 117 Å². The molecule has 4 atom stereocenters. The van der Waals surface area contributed by atoms with Crippen molar-refractivity contribution in [1.29, 1.82) is 0 Å². The van der Waals surface area contributed by atoms with Crippen LogP contribution in [0.1, 0.15) is 31.9 Å². The predicted molar refractivity (Wildman–Crippen MR) is 178 cm³/mol. The molecule has 2 heterocycles. The lowest BCUT2D eigenvalue weighted by Gasteiger charge is -2.43. The first-order valence-electron chi connectivity index (χ1n) is 15.2. The van der Waals surface area contributed by atoms with Gasteiger partial charge in [-0.25, -0.2) is 4.99 Å². The zero-order valence-corrected chi connectivity index (χ0v) is 27.8. The Morgan fingerprint density at radius 1 is 0.756 bits per heavy atom. The van der Waals surface area contributed by atoms with Gasteiger partial charge < -0.3 is 13.9 Å². The van der Waals surface area contributed by atoms with Gasteiger partial charge >= 0.3 is 0 Å². The van der Waals surface area contributed by atoms with Crippen LogP contribution in [0.2, 0.25) is 5.04 Å².